The average molecular weight is 532 g/mol. The first-order valence-electron chi connectivity index (χ1n) is 9.84. The van der Waals surface area contributed by atoms with Gasteiger partial charge in [-0.05, 0) is 42.0 Å². The Kier molecular flexibility index (Phi) is 8.34. The zero-order valence-corrected chi connectivity index (χ0v) is 19.3. The van der Waals surface area contributed by atoms with Crippen molar-refractivity contribution in [1.29, 1.82) is 0 Å². The highest BCUT2D eigenvalue weighted by molar-refractivity contribution is 14.0. The SMILES string of the molecule is I.NC(=NCc1ccc(OCc2ccccn2)cc1)Nc1ccc2c(c1)OCCCO2. The predicted molar refractivity (Wildman–Crippen MR) is 131 cm³/mol. The molecule has 31 heavy (non-hydrogen) atoms. The van der Waals surface area contributed by atoms with Gasteiger partial charge in [0.1, 0.15) is 12.4 Å². The average Bonchev–Trinajstić information content (AvgIpc) is 3.03. The molecule has 0 saturated heterocycles. The van der Waals surface area contributed by atoms with Crippen LogP contribution in [-0.4, -0.2) is 24.2 Å². The molecule has 4 rings (SSSR count). The minimum atomic E-state index is 0. The zero-order valence-electron chi connectivity index (χ0n) is 17.0. The molecular weight excluding hydrogens is 507 g/mol. The lowest BCUT2D eigenvalue weighted by molar-refractivity contribution is 0.297. The molecule has 0 aliphatic carbocycles. The van der Waals surface area contributed by atoms with Crippen LogP contribution in [0.25, 0.3) is 0 Å². The van der Waals surface area contributed by atoms with E-state index in [-0.39, 0.29) is 24.0 Å². The van der Waals surface area contributed by atoms with Crippen LogP contribution in [0.15, 0.2) is 71.9 Å². The molecule has 2 heterocycles. The minimum absolute atomic E-state index is 0. The van der Waals surface area contributed by atoms with Gasteiger partial charge in [-0.25, -0.2) is 4.99 Å². The van der Waals surface area contributed by atoms with Gasteiger partial charge in [0.25, 0.3) is 0 Å². The summed E-state index contributed by atoms with van der Waals surface area (Å²) in [5, 5.41) is 3.09. The molecular formula is C23H25IN4O3. The molecule has 0 saturated carbocycles. The number of benzene rings is 2. The van der Waals surface area contributed by atoms with Gasteiger partial charge in [-0.15, -0.1) is 24.0 Å². The minimum Gasteiger partial charge on any atom is -0.490 e. The predicted octanol–water partition coefficient (Wildman–Crippen LogP) is 4.37. The lowest BCUT2D eigenvalue weighted by Crippen LogP contribution is -2.22. The van der Waals surface area contributed by atoms with E-state index in [1.54, 1.807) is 6.20 Å². The number of anilines is 1. The molecule has 0 radical (unpaired) electrons. The Morgan fingerprint density at radius 3 is 2.61 bits per heavy atom. The first-order valence-corrected chi connectivity index (χ1v) is 9.84. The normalized spacial score (nSPS) is 13.0. The van der Waals surface area contributed by atoms with Crippen molar-refractivity contribution < 1.29 is 14.2 Å². The Hall–Kier alpha value is -3.01. The van der Waals surface area contributed by atoms with Gasteiger partial charge >= 0.3 is 0 Å². The van der Waals surface area contributed by atoms with Crippen LogP contribution in [0.5, 0.6) is 17.2 Å². The zero-order chi connectivity index (χ0) is 20.6. The van der Waals surface area contributed by atoms with Crippen LogP contribution in [0.1, 0.15) is 17.7 Å². The van der Waals surface area contributed by atoms with E-state index in [1.165, 1.54) is 0 Å². The van der Waals surface area contributed by atoms with Gasteiger partial charge in [0.15, 0.2) is 17.5 Å². The number of rotatable bonds is 6. The molecule has 2 aromatic carbocycles. The Labute approximate surface area is 198 Å². The van der Waals surface area contributed by atoms with Crippen molar-refractivity contribution in [2.45, 2.75) is 19.6 Å². The second-order valence-electron chi connectivity index (χ2n) is 6.79. The molecule has 7 nitrogen and oxygen atoms in total. The fourth-order valence-electron chi connectivity index (χ4n) is 2.94. The molecule has 1 aromatic heterocycles. The number of aromatic nitrogens is 1. The molecule has 0 unspecified atom stereocenters. The first-order chi connectivity index (χ1) is 14.8. The van der Waals surface area contributed by atoms with Gasteiger partial charge in [0.2, 0.25) is 0 Å². The molecule has 162 valence electrons. The van der Waals surface area contributed by atoms with Crippen LogP contribution in [0, 0.1) is 0 Å². The van der Waals surface area contributed by atoms with Crippen molar-refractivity contribution in [3.63, 3.8) is 0 Å². The van der Waals surface area contributed by atoms with Gasteiger partial charge in [0, 0.05) is 24.4 Å². The monoisotopic (exact) mass is 532 g/mol. The summed E-state index contributed by atoms with van der Waals surface area (Å²) < 4.78 is 17.1. The molecule has 0 fully saturated rings. The van der Waals surface area contributed by atoms with E-state index in [1.807, 2.05) is 60.7 Å². The van der Waals surface area contributed by atoms with Crippen molar-refractivity contribution >= 4 is 35.6 Å². The molecule has 0 amide bonds. The highest BCUT2D eigenvalue weighted by Crippen LogP contribution is 2.32. The van der Waals surface area contributed by atoms with Crippen molar-refractivity contribution in [2.75, 3.05) is 18.5 Å². The van der Waals surface area contributed by atoms with E-state index < -0.39 is 0 Å². The number of pyridine rings is 1. The van der Waals surface area contributed by atoms with E-state index in [4.69, 9.17) is 19.9 Å². The Bertz CT molecular complexity index is 997. The standard InChI is InChI=1S/C23H24N4O3.HI/c24-23(27-18-7-10-21-22(14-18)29-13-3-12-28-21)26-15-17-5-8-20(9-6-17)30-16-19-4-1-2-11-25-19;/h1-2,4-11,14H,3,12-13,15-16H2,(H3,24,26,27);1H. The summed E-state index contributed by atoms with van der Waals surface area (Å²) in [6.07, 6.45) is 2.62. The van der Waals surface area contributed by atoms with E-state index in [9.17, 15) is 0 Å². The second kappa shape index (κ2) is 11.4. The lowest BCUT2D eigenvalue weighted by Gasteiger charge is -2.11. The Morgan fingerprint density at radius 2 is 1.84 bits per heavy atom. The summed E-state index contributed by atoms with van der Waals surface area (Å²) in [6.45, 7) is 2.20. The fraction of sp³-hybridized carbons (Fsp3) is 0.217. The fourth-order valence-corrected chi connectivity index (χ4v) is 2.94. The number of aliphatic imine (C=N–C) groups is 1. The molecule has 1 aliphatic heterocycles. The molecule has 0 bridgehead atoms. The van der Waals surface area contributed by atoms with E-state index in [2.05, 4.69) is 15.3 Å². The maximum Gasteiger partial charge on any atom is 0.193 e. The molecule has 0 spiro atoms. The van der Waals surface area contributed by atoms with Crippen molar-refractivity contribution in [2.24, 2.45) is 10.7 Å². The van der Waals surface area contributed by atoms with Crippen molar-refractivity contribution in [1.82, 2.24) is 4.98 Å². The summed E-state index contributed by atoms with van der Waals surface area (Å²) in [4.78, 5) is 8.65. The summed E-state index contributed by atoms with van der Waals surface area (Å²) >= 11 is 0. The van der Waals surface area contributed by atoms with Gasteiger partial charge in [-0.2, -0.15) is 0 Å². The number of guanidine groups is 1. The largest absolute Gasteiger partial charge is 0.490 e. The van der Waals surface area contributed by atoms with Crippen molar-refractivity contribution in [3.8, 4) is 17.2 Å². The summed E-state index contributed by atoms with van der Waals surface area (Å²) in [6, 6.07) is 19.2. The van der Waals surface area contributed by atoms with Crippen molar-refractivity contribution in [3.05, 3.63) is 78.1 Å². The summed E-state index contributed by atoms with van der Waals surface area (Å²) in [5.74, 6) is 2.58. The Morgan fingerprint density at radius 1 is 1.03 bits per heavy atom. The Balaban J connectivity index is 0.00000272. The highest BCUT2D eigenvalue weighted by atomic mass is 127. The number of fused-ring (bicyclic) bond motifs is 1. The lowest BCUT2D eigenvalue weighted by atomic mass is 10.2. The summed E-state index contributed by atoms with van der Waals surface area (Å²) in [5.41, 5.74) is 8.76. The van der Waals surface area contributed by atoms with E-state index in [0.29, 0.717) is 38.1 Å². The number of nitrogens with two attached hydrogens (primary N) is 1. The van der Waals surface area contributed by atoms with E-state index >= 15 is 0 Å². The number of nitrogens with zero attached hydrogens (tertiary/aromatic N) is 2. The number of ether oxygens (including phenoxy) is 3. The van der Waals surface area contributed by atoms with Crippen LogP contribution in [0.2, 0.25) is 0 Å². The van der Waals surface area contributed by atoms with Crippen LogP contribution in [0.4, 0.5) is 5.69 Å². The number of hydrogen-bond donors (Lipinski definition) is 2. The number of nitrogens with one attached hydrogen (secondary N) is 1. The van der Waals surface area contributed by atoms with Crippen LogP contribution >= 0.6 is 24.0 Å². The van der Waals surface area contributed by atoms with Gasteiger partial charge in [0.05, 0.1) is 25.5 Å². The summed E-state index contributed by atoms with van der Waals surface area (Å²) in [7, 11) is 0. The first kappa shape index (κ1) is 22.7. The highest BCUT2D eigenvalue weighted by Gasteiger charge is 2.10. The quantitative estimate of drug-likeness (QED) is 0.279. The molecule has 8 heteroatoms. The maximum atomic E-state index is 6.04. The maximum absolute atomic E-state index is 6.04. The van der Waals surface area contributed by atoms with Crippen LogP contribution in [0.3, 0.4) is 0 Å². The number of hydrogen-bond acceptors (Lipinski definition) is 5. The number of halogens is 1. The van der Waals surface area contributed by atoms with Gasteiger partial charge in [-0.1, -0.05) is 18.2 Å². The van der Waals surface area contributed by atoms with Crippen LogP contribution in [-0.2, 0) is 13.2 Å². The topological polar surface area (TPSA) is 91.0 Å². The third-order valence-corrected chi connectivity index (χ3v) is 4.49. The molecule has 3 aromatic rings. The van der Waals surface area contributed by atoms with Gasteiger partial charge in [-0.3, -0.25) is 4.98 Å². The van der Waals surface area contributed by atoms with E-state index in [0.717, 1.165) is 34.9 Å². The smallest absolute Gasteiger partial charge is 0.193 e. The van der Waals surface area contributed by atoms with Gasteiger partial charge < -0.3 is 25.3 Å². The third kappa shape index (κ3) is 6.74. The molecule has 3 N–H and O–H groups in total. The second-order valence-corrected chi connectivity index (χ2v) is 6.79. The van der Waals surface area contributed by atoms with Crippen LogP contribution < -0.4 is 25.3 Å². The molecule has 1 aliphatic rings. The molecule has 0 atom stereocenters. The third-order valence-electron chi connectivity index (χ3n) is 4.49.